The Morgan fingerprint density at radius 2 is 2.00 bits per heavy atom. The summed E-state index contributed by atoms with van der Waals surface area (Å²) in [6, 6.07) is 1.51. The Kier molecular flexibility index (Phi) is 8.05. The van der Waals surface area contributed by atoms with E-state index in [9.17, 15) is 13.6 Å². The van der Waals surface area contributed by atoms with Gasteiger partial charge in [-0.2, -0.15) is 0 Å². The molecular weight excluding hydrogens is 437 g/mol. The molecule has 1 aromatic heterocycles. The first-order valence-corrected chi connectivity index (χ1v) is 9.51. The van der Waals surface area contributed by atoms with Gasteiger partial charge in [-0.25, -0.2) is 8.78 Å². The Morgan fingerprint density at radius 3 is 2.52 bits per heavy atom. The third kappa shape index (κ3) is 6.09. The van der Waals surface area contributed by atoms with Gasteiger partial charge in [0.25, 0.3) is 5.92 Å². The van der Waals surface area contributed by atoms with Crippen molar-refractivity contribution in [1.29, 1.82) is 0 Å². The summed E-state index contributed by atoms with van der Waals surface area (Å²) in [4.78, 5) is 13.7. The van der Waals surface area contributed by atoms with E-state index in [1.165, 1.54) is 6.07 Å². The fraction of sp³-hybridized carbons (Fsp3) is 0.421. The lowest BCUT2D eigenvalue weighted by Crippen LogP contribution is -2.25. The summed E-state index contributed by atoms with van der Waals surface area (Å²) in [6.07, 6.45) is 8.91. The maximum atomic E-state index is 13.8. The summed E-state index contributed by atoms with van der Waals surface area (Å²) >= 11 is 2.12. The molecule has 1 heterocycles. The molecule has 0 saturated carbocycles. The molecule has 0 saturated heterocycles. The van der Waals surface area contributed by atoms with Gasteiger partial charge in [-0.1, -0.05) is 46.9 Å². The summed E-state index contributed by atoms with van der Waals surface area (Å²) in [5.41, 5.74) is 2.14. The van der Waals surface area contributed by atoms with Crippen LogP contribution in [0.15, 0.2) is 42.1 Å². The molecule has 25 heavy (non-hydrogen) atoms. The SMILES string of the molecule is C/C=C/Cn1cc(/C(C)=C/C=C(\C)C(=O)N(C)CI)cc1C(C)(F)F. The number of rotatable bonds is 7. The van der Waals surface area contributed by atoms with Gasteiger partial charge in [-0.05, 0) is 38.0 Å². The Morgan fingerprint density at radius 1 is 1.36 bits per heavy atom. The molecule has 1 rings (SSSR count). The number of hydrogen-bond acceptors (Lipinski definition) is 1. The van der Waals surface area contributed by atoms with Crippen molar-refractivity contribution < 1.29 is 13.6 Å². The third-order valence-corrected chi connectivity index (χ3v) is 4.81. The summed E-state index contributed by atoms with van der Waals surface area (Å²) in [5.74, 6) is -2.96. The van der Waals surface area contributed by atoms with E-state index in [1.807, 2.05) is 26.0 Å². The molecule has 0 radical (unpaired) electrons. The molecule has 0 aliphatic rings. The second-order valence-corrected chi connectivity index (χ2v) is 6.73. The van der Waals surface area contributed by atoms with E-state index in [1.54, 1.807) is 41.8 Å². The molecule has 0 N–H and O–H groups in total. The van der Waals surface area contributed by atoms with Crippen molar-refractivity contribution in [2.45, 2.75) is 40.2 Å². The maximum absolute atomic E-state index is 13.8. The molecule has 0 aliphatic carbocycles. The monoisotopic (exact) mass is 462 g/mol. The Labute approximate surface area is 162 Å². The number of nitrogens with zero attached hydrogens (tertiary/aromatic N) is 2. The van der Waals surface area contributed by atoms with Crippen molar-refractivity contribution >= 4 is 34.1 Å². The predicted octanol–water partition coefficient (Wildman–Crippen LogP) is 5.38. The summed E-state index contributed by atoms with van der Waals surface area (Å²) in [6.45, 7) is 6.76. The quantitative estimate of drug-likeness (QED) is 0.134. The largest absolute Gasteiger partial charge is 0.342 e. The number of hydrogen-bond donors (Lipinski definition) is 0. The van der Waals surface area contributed by atoms with E-state index in [-0.39, 0.29) is 11.6 Å². The molecule has 0 unspecified atom stereocenters. The van der Waals surface area contributed by atoms with Gasteiger partial charge in [0, 0.05) is 32.3 Å². The fourth-order valence-electron chi connectivity index (χ4n) is 2.24. The summed E-state index contributed by atoms with van der Waals surface area (Å²) in [5, 5.41) is 0. The maximum Gasteiger partial charge on any atom is 0.285 e. The van der Waals surface area contributed by atoms with Crippen molar-refractivity contribution in [2.75, 3.05) is 11.6 Å². The van der Waals surface area contributed by atoms with Crippen LogP contribution in [0.5, 0.6) is 0 Å². The second-order valence-electron chi connectivity index (χ2n) is 6.05. The molecule has 0 atom stereocenters. The van der Waals surface area contributed by atoms with Crippen LogP contribution in [0, 0.1) is 0 Å². The van der Waals surface area contributed by atoms with E-state index in [0.29, 0.717) is 16.7 Å². The second kappa shape index (κ2) is 9.31. The van der Waals surface area contributed by atoms with Crippen LogP contribution in [0.25, 0.3) is 5.57 Å². The number of carbonyl (C=O) groups is 1. The van der Waals surface area contributed by atoms with Crippen molar-refractivity contribution in [3.8, 4) is 0 Å². The van der Waals surface area contributed by atoms with Crippen molar-refractivity contribution in [3.63, 3.8) is 0 Å². The van der Waals surface area contributed by atoms with Gasteiger partial charge in [0.2, 0.25) is 5.91 Å². The van der Waals surface area contributed by atoms with Gasteiger partial charge < -0.3 is 9.47 Å². The van der Waals surface area contributed by atoms with Gasteiger partial charge in [-0.3, -0.25) is 4.79 Å². The third-order valence-electron chi connectivity index (χ3n) is 3.79. The minimum Gasteiger partial charge on any atom is -0.342 e. The first-order chi connectivity index (χ1) is 11.6. The normalized spacial score (nSPS) is 13.6. The van der Waals surface area contributed by atoms with Gasteiger partial charge in [0.1, 0.15) is 0 Å². The molecular formula is C19H25F2IN2O. The predicted molar refractivity (Wildman–Crippen MR) is 108 cm³/mol. The van der Waals surface area contributed by atoms with E-state index in [4.69, 9.17) is 0 Å². The van der Waals surface area contributed by atoms with Crippen LogP contribution in [0.1, 0.15) is 39.0 Å². The highest BCUT2D eigenvalue weighted by Gasteiger charge is 2.28. The average Bonchev–Trinajstić information content (AvgIpc) is 3.00. The molecule has 0 fully saturated rings. The van der Waals surface area contributed by atoms with E-state index in [2.05, 4.69) is 22.6 Å². The number of allylic oxidation sites excluding steroid dienone is 5. The molecule has 1 aromatic rings. The Balaban J connectivity index is 3.14. The first-order valence-electron chi connectivity index (χ1n) is 7.98. The van der Waals surface area contributed by atoms with Crippen molar-refractivity contribution in [3.05, 3.63) is 53.4 Å². The number of amides is 1. The molecule has 0 aliphatic heterocycles. The lowest BCUT2D eigenvalue weighted by molar-refractivity contribution is -0.124. The molecule has 3 nitrogen and oxygen atoms in total. The van der Waals surface area contributed by atoms with Crippen molar-refractivity contribution in [1.82, 2.24) is 9.47 Å². The average molecular weight is 462 g/mol. The van der Waals surface area contributed by atoms with Crippen LogP contribution in [0.2, 0.25) is 0 Å². The number of likely N-dealkylation sites (N-methyl/N-ethyl adjacent to an activating group) is 1. The lowest BCUT2D eigenvalue weighted by Gasteiger charge is -2.13. The number of carbonyl (C=O) groups excluding carboxylic acids is 1. The highest BCUT2D eigenvalue weighted by molar-refractivity contribution is 14.1. The van der Waals surface area contributed by atoms with Gasteiger partial charge >= 0.3 is 0 Å². The Bertz CT molecular complexity index is 697. The molecule has 138 valence electrons. The topological polar surface area (TPSA) is 25.2 Å². The van der Waals surface area contributed by atoms with Crippen LogP contribution in [-0.2, 0) is 17.3 Å². The zero-order chi connectivity index (χ0) is 19.2. The van der Waals surface area contributed by atoms with Crippen LogP contribution >= 0.6 is 22.6 Å². The fourth-order valence-corrected chi connectivity index (χ4v) is 2.55. The minimum absolute atomic E-state index is 0.0187. The van der Waals surface area contributed by atoms with E-state index in [0.717, 1.165) is 18.1 Å². The summed E-state index contributed by atoms with van der Waals surface area (Å²) in [7, 11) is 1.74. The van der Waals surface area contributed by atoms with Crippen LogP contribution in [0.4, 0.5) is 8.78 Å². The minimum atomic E-state index is -2.91. The highest BCUT2D eigenvalue weighted by atomic mass is 127. The number of aromatic nitrogens is 1. The lowest BCUT2D eigenvalue weighted by atomic mass is 10.1. The standard InChI is InChI=1S/C19H25F2IN2O/c1-6-7-10-24-12-16(11-17(24)19(4,20)21)14(2)8-9-15(3)18(25)23(5)13-22/h6-9,11-12H,10,13H2,1-5H3/b7-6+,14-8+,15-9+. The molecule has 0 bridgehead atoms. The highest BCUT2D eigenvalue weighted by Crippen LogP contribution is 2.31. The van der Waals surface area contributed by atoms with Crippen LogP contribution in [-0.4, -0.2) is 27.0 Å². The molecule has 0 spiro atoms. The van der Waals surface area contributed by atoms with E-state index < -0.39 is 5.92 Å². The zero-order valence-electron chi connectivity index (χ0n) is 15.3. The number of halogens is 3. The molecule has 6 heteroatoms. The van der Waals surface area contributed by atoms with Gasteiger partial charge in [0.15, 0.2) is 0 Å². The molecule has 1 amide bonds. The first kappa shape index (κ1) is 21.6. The van der Waals surface area contributed by atoms with Crippen molar-refractivity contribution in [2.24, 2.45) is 0 Å². The van der Waals surface area contributed by atoms with Gasteiger partial charge in [-0.15, -0.1) is 0 Å². The van der Waals surface area contributed by atoms with Crippen LogP contribution < -0.4 is 0 Å². The zero-order valence-corrected chi connectivity index (χ0v) is 17.5. The Hall–Kier alpha value is -1.44. The number of alkyl halides is 3. The molecule has 0 aromatic carbocycles. The van der Waals surface area contributed by atoms with Crippen LogP contribution in [0.3, 0.4) is 0 Å². The summed E-state index contributed by atoms with van der Waals surface area (Å²) < 4.78 is 29.8. The van der Waals surface area contributed by atoms with E-state index >= 15 is 0 Å². The van der Waals surface area contributed by atoms with Gasteiger partial charge in [0.05, 0.1) is 10.2 Å². The smallest absolute Gasteiger partial charge is 0.285 e.